The molecule has 0 amide bonds. The number of aliphatic carboxylic acids is 1. The van der Waals surface area contributed by atoms with E-state index < -0.39 is 5.97 Å². The number of carbonyl (C=O) groups is 1. The van der Waals surface area contributed by atoms with Crippen molar-refractivity contribution in [1.29, 1.82) is 0 Å². The Bertz CT molecular complexity index is 462. The van der Waals surface area contributed by atoms with Gasteiger partial charge in [-0.15, -0.1) is 0 Å². The minimum atomic E-state index is -0.773. The van der Waals surface area contributed by atoms with Crippen LogP contribution in [-0.2, 0) is 17.0 Å². The van der Waals surface area contributed by atoms with E-state index in [1.807, 2.05) is 25.6 Å². The lowest BCUT2D eigenvalue weighted by molar-refractivity contribution is -0.136. The predicted molar refractivity (Wildman–Crippen MR) is 81.0 cm³/mol. The molecule has 0 atom stereocenters. The van der Waals surface area contributed by atoms with Crippen LogP contribution in [0.1, 0.15) is 54.9 Å². The molecule has 1 saturated carbocycles. The van der Waals surface area contributed by atoms with Crippen molar-refractivity contribution >= 4 is 17.7 Å². The van der Waals surface area contributed by atoms with Crippen LogP contribution in [0.15, 0.2) is 0 Å². The molecule has 0 spiro atoms. The summed E-state index contributed by atoms with van der Waals surface area (Å²) in [7, 11) is 0. The van der Waals surface area contributed by atoms with Crippen molar-refractivity contribution in [2.24, 2.45) is 0 Å². The molecule has 0 aliphatic heterocycles. The van der Waals surface area contributed by atoms with E-state index in [1.54, 1.807) is 0 Å². The van der Waals surface area contributed by atoms with Gasteiger partial charge in [-0.2, -0.15) is 11.8 Å². The molecule has 1 aliphatic rings. The van der Waals surface area contributed by atoms with E-state index >= 15 is 0 Å². The molecule has 1 fully saturated rings. The zero-order chi connectivity index (χ0) is 14.5. The first-order valence-corrected chi connectivity index (χ1v) is 8.27. The van der Waals surface area contributed by atoms with E-state index in [-0.39, 0.29) is 6.42 Å². The maximum absolute atomic E-state index is 10.7. The largest absolute Gasteiger partial charge is 0.481 e. The van der Waals surface area contributed by atoms with Crippen LogP contribution in [-0.4, -0.2) is 26.3 Å². The van der Waals surface area contributed by atoms with Gasteiger partial charge < -0.3 is 5.11 Å². The number of aromatic nitrogens is 2. The quantitative estimate of drug-likeness (QED) is 0.872. The van der Waals surface area contributed by atoms with E-state index in [0.29, 0.717) is 6.42 Å². The molecule has 5 heteroatoms. The third kappa shape index (κ3) is 4.20. The number of nitrogens with zero attached hydrogens (tertiary/aromatic N) is 2. The highest BCUT2D eigenvalue weighted by Crippen LogP contribution is 2.31. The van der Waals surface area contributed by atoms with Gasteiger partial charge in [0.15, 0.2) is 0 Å². The smallest absolute Gasteiger partial charge is 0.303 e. The molecule has 0 aromatic carbocycles. The molecule has 0 radical (unpaired) electrons. The van der Waals surface area contributed by atoms with Crippen molar-refractivity contribution in [3.8, 4) is 0 Å². The summed E-state index contributed by atoms with van der Waals surface area (Å²) in [5.41, 5.74) is 2.85. The second-order valence-corrected chi connectivity index (χ2v) is 6.69. The number of hydrogen-bond acceptors (Lipinski definition) is 4. The first kappa shape index (κ1) is 15.3. The molecular formula is C15H22N2O2S. The molecule has 110 valence electrons. The van der Waals surface area contributed by atoms with Crippen LogP contribution in [0, 0.1) is 13.8 Å². The fourth-order valence-corrected chi connectivity index (χ4v) is 3.90. The Balaban J connectivity index is 1.99. The lowest BCUT2D eigenvalue weighted by Crippen LogP contribution is -2.08. The molecule has 20 heavy (non-hydrogen) atoms. The molecule has 1 N–H and O–H groups in total. The van der Waals surface area contributed by atoms with Gasteiger partial charge in [-0.25, -0.2) is 9.97 Å². The Hall–Kier alpha value is -1.10. The zero-order valence-corrected chi connectivity index (χ0v) is 13.0. The molecule has 1 aromatic rings. The van der Waals surface area contributed by atoms with Gasteiger partial charge in [0.05, 0.1) is 5.75 Å². The summed E-state index contributed by atoms with van der Waals surface area (Å²) in [6, 6.07) is 0. The van der Waals surface area contributed by atoms with Crippen LogP contribution in [0.4, 0.5) is 0 Å². The zero-order valence-electron chi connectivity index (χ0n) is 12.2. The van der Waals surface area contributed by atoms with Crippen LogP contribution in [0.2, 0.25) is 0 Å². The molecule has 0 saturated heterocycles. The molecule has 0 unspecified atom stereocenters. The number of carboxylic acid groups (broad SMARTS) is 1. The minimum Gasteiger partial charge on any atom is -0.481 e. The van der Waals surface area contributed by atoms with Gasteiger partial charge in [0.25, 0.3) is 0 Å². The number of thioether (sulfide) groups is 1. The van der Waals surface area contributed by atoms with Crippen molar-refractivity contribution in [3.63, 3.8) is 0 Å². The summed E-state index contributed by atoms with van der Waals surface area (Å²) in [5.74, 6) is 0.978. The molecular weight excluding hydrogens is 272 g/mol. The third-order valence-electron chi connectivity index (χ3n) is 3.81. The predicted octanol–water partition coefficient (Wildman–Crippen LogP) is 3.29. The van der Waals surface area contributed by atoms with E-state index in [4.69, 9.17) is 5.11 Å². The first-order valence-electron chi connectivity index (χ1n) is 7.22. The van der Waals surface area contributed by atoms with Crippen LogP contribution >= 0.6 is 11.8 Å². The van der Waals surface area contributed by atoms with Gasteiger partial charge in [0.1, 0.15) is 5.82 Å². The van der Waals surface area contributed by atoms with Crippen molar-refractivity contribution in [2.75, 3.05) is 0 Å². The average Bonchev–Trinajstić information content (AvgIpc) is 2.88. The summed E-state index contributed by atoms with van der Waals surface area (Å²) < 4.78 is 0. The van der Waals surface area contributed by atoms with Gasteiger partial charge in [-0.3, -0.25) is 4.79 Å². The Morgan fingerprint density at radius 2 is 1.85 bits per heavy atom. The molecule has 2 rings (SSSR count). The fraction of sp³-hybridized carbons (Fsp3) is 0.667. The number of hydrogen-bond donors (Lipinski definition) is 1. The van der Waals surface area contributed by atoms with Gasteiger partial charge in [0, 0.05) is 23.1 Å². The second kappa shape index (κ2) is 7.07. The fourth-order valence-electron chi connectivity index (χ4n) is 2.71. The monoisotopic (exact) mass is 294 g/mol. The van der Waals surface area contributed by atoms with Gasteiger partial charge in [-0.05, 0) is 38.7 Å². The van der Waals surface area contributed by atoms with Crippen molar-refractivity contribution in [1.82, 2.24) is 9.97 Å². The SMILES string of the molecule is Cc1nc(CSC2CCCC2)nc(C)c1CCC(=O)O. The molecule has 4 nitrogen and oxygen atoms in total. The summed E-state index contributed by atoms with van der Waals surface area (Å²) >= 11 is 1.96. The second-order valence-electron chi connectivity index (χ2n) is 5.40. The number of carboxylic acids is 1. The first-order chi connectivity index (χ1) is 9.56. The van der Waals surface area contributed by atoms with Crippen LogP contribution < -0.4 is 0 Å². The van der Waals surface area contributed by atoms with E-state index in [9.17, 15) is 4.79 Å². The summed E-state index contributed by atoms with van der Waals surface area (Å²) in [4.78, 5) is 19.8. The van der Waals surface area contributed by atoms with Gasteiger partial charge in [-0.1, -0.05) is 12.8 Å². The van der Waals surface area contributed by atoms with Gasteiger partial charge >= 0.3 is 5.97 Å². The molecule has 1 aromatic heterocycles. The Labute approximate surface area is 124 Å². The maximum atomic E-state index is 10.7. The Morgan fingerprint density at radius 3 is 2.40 bits per heavy atom. The third-order valence-corrected chi connectivity index (χ3v) is 5.17. The highest BCUT2D eigenvalue weighted by Gasteiger charge is 2.16. The topological polar surface area (TPSA) is 63.1 Å². The van der Waals surface area contributed by atoms with E-state index in [2.05, 4.69) is 9.97 Å². The van der Waals surface area contributed by atoms with Crippen molar-refractivity contribution in [3.05, 3.63) is 22.8 Å². The molecule has 1 aliphatic carbocycles. The summed E-state index contributed by atoms with van der Waals surface area (Å²) in [6.45, 7) is 3.91. The standard InChI is InChI=1S/C15H22N2O2S/c1-10-13(7-8-15(18)19)11(2)17-14(16-10)9-20-12-5-3-4-6-12/h12H,3-9H2,1-2H3,(H,18,19). The average molecular weight is 294 g/mol. The van der Waals surface area contributed by atoms with E-state index in [1.165, 1.54) is 25.7 Å². The Morgan fingerprint density at radius 1 is 1.25 bits per heavy atom. The molecule has 0 bridgehead atoms. The molecule has 1 heterocycles. The van der Waals surface area contributed by atoms with Crippen LogP contribution in [0.5, 0.6) is 0 Å². The lowest BCUT2D eigenvalue weighted by Gasteiger charge is -2.12. The normalized spacial score (nSPS) is 15.7. The number of rotatable bonds is 6. The summed E-state index contributed by atoms with van der Waals surface area (Å²) in [5, 5.41) is 9.54. The lowest BCUT2D eigenvalue weighted by atomic mass is 10.1. The van der Waals surface area contributed by atoms with Crippen LogP contribution in [0.3, 0.4) is 0 Å². The van der Waals surface area contributed by atoms with E-state index in [0.717, 1.165) is 33.8 Å². The minimum absolute atomic E-state index is 0.140. The highest BCUT2D eigenvalue weighted by atomic mass is 32.2. The number of aryl methyl sites for hydroxylation is 2. The summed E-state index contributed by atoms with van der Waals surface area (Å²) in [6.07, 6.45) is 6.00. The Kier molecular flexibility index (Phi) is 5.40. The van der Waals surface area contributed by atoms with Crippen LogP contribution in [0.25, 0.3) is 0 Å². The van der Waals surface area contributed by atoms with Crippen molar-refractivity contribution in [2.45, 2.75) is 63.4 Å². The highest BCUT2D eigenvalue weighted by molar-refractivity contribution is 7.99. The van der Waals surface area contributed by atoms with Gasteiger partial charge in [0.2, 0.25) is 0 Å². The maximum Gasteiger partial charge on any atom is 0.303 e. The van der Waals surface area contributed by atoms with Crippen molar-refractivity contribution < 1.29 is 9.90 Å².